The number of halogens is 5. The minimum Gasteiger partial charge on any atom is -0.475 e. The van der Waals surface area contributed by atoms with E-state index in [9.17, 15) is 17.6 Å². The molecule has 0 aromatic heterocycles. The van der Waals surface area contributed by atoms with Crippen LogP contribution in [0.4, 0.5) is 17.6 Å². The molecule has 0 aliphatic carbocycles. The minimum atomic E-state index is -4.50. The molecule has 0 spiro atoms. The summed E-state index contributed by atoms with van der Waals surface area (Å²) in [5.74, 6) is -0.736. The number of alkyl halides is 3. The van der Waals surface area contributed by atoms with Gasteiger partial charge in [0.15, 0.2) is 0 Å². The topological polar surface area (TPSA) is 9.23 Å². The van der Waals surface area contributed by atoms with Crippen molar-refractivity contribution >= 4 is 22.0 Å². The van der Waals surface area contributed by atoms with E-state index in [4.69, 9.17) is 4.74 Å². The van der Waals surface area contributed by atoms with Crippen LogP contribution in [0.3, 0.4) is 0 Å². The molecule has 2 rings (SSSR count). The quantitative estimate of drug-likeness (QED) is 0.659. The Morgan fingerprint density at radius 3 is 2.56 bits per heavy atom. The molecule has 1 atom stereocenters. The lowest BCUT2D eigenvalue weighted by atomic mass is 10.1. The highest BCUT2D eigenvalue weighted by molar-refractivity contribution is 9.10. The van der Waals surface area contributed by atoms with Crippen LogP contribution in [0.1, 0.15) is 5.56 Å². The maximum atomic E-state index is 13.2. The third-order valence-electron chi connectivity index (χ3n) is 2.10. The fraction of sp³-hybridized carbons (Fsp3) is 0.200. The van der Waals surface area contributed by atoms with Crippen LogP contribution in [-0.4, -0.2) is 12.3 Å². The molecule has 86 valence electrons. The summed E-state index contributed by atoms with van der Waals surface area (Å²) in [4.78, 5) is 0. The van der Waals surface area contributed by atoms with Gasteiger partial charge in [0, 0.05) is 0 Å². The molecule has 0 amide bonds. The summed E-state index contributed by atoms with van der Waals surface area (Å²) in [6.07, 6.45) is -4.66. The van der Waals surface area contributed by atoms with Crippen LogP contribution in [0.25, 0.3) is 6.08 Å². The molecule has 1 aromatic rings. The van der Waals surface area contributed by atoms with E-state index >= 15 is 0 Å². The smallest absolute Gasteiger partial charge is 0.429 e. The average molecular weight is 297 g/mol. The van der Waals surface area contributed by atoms with Crippen molar-refractivity contribution < 1.29 is 22.3 Å². The first-order valence-electron chi connectivity index (χ1n) is 4.29. The lowest BCUT2D eigenvalue weighted by Crippen LogP contribution is -2.34. The number of benzene rings is 1. The van der Waals surface area contributed by atoms with Gasteiger partial charge in [-0.05, 0) is 40.2 Å². The van der Waals surface area contributed by atoms with Gasteiger partial charge in [0.2, 0.25) is 6.10 Å². The number of fused-ring (bicyclic) bond motifs is 1. The first-order chi connectivity index (χ1) is 7.39. The van der Waals surface area contributed by atoms with Gasteiger partial charge in [0.1, 0.15) is 11.6 Å². The standard InChI is InChI=1S/C10H5BrF4O/c11-6-2-3-7(12)5-1-4-8(10(13,14)15)16-9(5)6/h1-4,8H. The number of hydrogen-bond acceptors (Lipinski definition) is 1. The molecule has 0 N–H and O–H groups in total. The van der Waals surface area contributed by atoms with Crippen LogP contribution < -0.4 is 4.74 Å². The van der Waals surface area contributed by atoms with Crippen LogP contribution in [0.15, 0.2) is 22.7 Å². The zero-order valence-electron chi connectivity index (χ0n) is 7.68. The van der Waals surface area contributed by atoms with E-state index in [1.807, 2.05) is 0 Å². The van der Waals surface area contributed by atoms with E-state index in [1.165, 1.54) is 6.07 Å². The van der Waals surface area contributed by atoms with Gasteiger partial charge in [-0.25, -0.2) is 4.39 Å². The molecule has 1 unspecified atom stereocenters. The van der Waals surface area contributed by atoms with Crippen molar-refractivity contribution in [2.45, 2.75) is 12.3 Å². The van der Waals surface area contributed by atoms with E-state index in [0.717, 1.165) is 18.2 Å². The molecule has 16 heavy (non-hydrogen) atoms. The van der Waals surface area contributed by atoms with Gasteiger partial charge in [-0.3, -0.25) is 0 Å². The molecular formula is C10H5BrF4O. The Kier molecular flexibility index (Phi) is 2.69. The lowest BCUT2D eigenvalue weighted by molar-refractivity contribution is -0.180. The Balaban J connectivity index is 2.45. The predicted molar refractivity (Wildman–Crippen MR) is 53.6 cm³/mol. The summed E-state index contributed by atoms with van der Waals surface area (Å²) in [6.45, 7) is 0. The van der Waals surface area contributed by atoms with Crippen molar-refractivity contribution in [2.24, 2.45) is 0 Å². The normalized spacial score (nSPS) is 19.2. The molecule has 0 bridgehead atoms. The zero-order valence-corrected chi connectivity index (χ0v) is 9.27. The minimum absolute atomic E-state index is 0.0230. The second-order valence-corrected chi connectivity index (χ2v) is 4.07. The molecular weight excluding hydrogens is 292 g/mol. The van der Waals surface area contributed by atoms with Crippen molar-refractivity contribution in [3.8, 4) is 5.75 Å². The molecule has 1 aliphatic heterocycles. The highest BCUT2D eigenvalue weighted by Crippen LogP contribution is 2.38. The SMILES string of the molecule is Fc1ccc(Br)c2c1C=CC(C(F)(F)F)O2. The third kappa shape index (κ3) is 1.93. The Labute approximate surface area is 96.8 Å². The molecule has 0 radical (unpaired) electrons. The van der Waals surface area contributed by atoms with Crippen LogP contribution in [-0.2, 0) is 0 Å². The van der Waals surface area contributed by atoms with Crippen molar-refractivity contribution in [2.75, 3.05) is 0 Å². The van der Waals surface area contributed by atoms with Gasteiger partial charge in [0.05, 0.1) is 10.0 Å². The van der Waals surface area contributed by atoms with E-state index < -0.39 is 18.1 Å². The highest BCUT2D eigenvalue weighted by Gasteiger charge is 2.42. The molecule has 0 fully saturated rings. The highest BCUT2D eigenvalue weighted by atomic mass is 79.9. The van der Waals surface area contributed by atoms with Crippen molar-refractivity contribution in [3.63, 3.8) is 0 Å². The molecule has 0 saturated heterocycles. The summed E-state index contributed by atoms with van der Waals surface area (Å²) in [7, 11) is 0. The third-order valence-corrected chi connectivity index (χ3v) is 2.72. The predicted octanol–water partition coefficient (Wildman–Crippen LogP) is 3.92. The molecule has 1 heterocycles. The Bertz CT molecular complexity index is 453. The molecule has 1 aliphatic rings. The van der Waals surface area contributed by atoms with Gasteiger partial charge >= 0.3 is 6.18 Å². The Morgan fingerprint density at radius 2 is 1.94 bits per heavy atom. The average Bonchev–Trinajstić information content (AvgIpc) is 2.22. The first kappa shape index (κ1) is 11.4. The lowest BCUT2D eigenvalue weighted by Gasteiger charge is -2.24. The van der Waals surface area contributed by atoms with Crippen molar-refractivity contribution in [3.05, 3.63) is 34.1 Å². The van der Waals surface area contributed by atoms with Gasteiger partial charge in [-0.2, -0.15) is 13.2 Å². The molecule has 1 nitrogen and oxygen atoms in total. The zero-order chi connectivity index (χ0) is 11.9. The number of rotatable bonds is 0. The number of hydrogen-bond donors (Lipinski definition) is 0. The summed E-state index contributed by atoms with van der Waals surface area (Å²) in [6, 6.07) is 2.46. The summed E-state index contributed by atoms with van der Waals surface area (Å²) < 4.78 is 55.4. The van der Waals surface area contributed by atoms with E-state index in [2.05, 4.69) is 15.9 Å². The Hall–Kier alpha value is -1.04. The maximum absolute atomic E-state index is 13.2. The van der Waals surface area contributed by atoms with Gasteiger partial charge in [-0.1, -0.05) is 0 Å². The van der Waals surface area contributed by atoms with E-state index in [0.29, 0.717) is 4.47 Å². The summed E-state index contributed by atoms with van der Waals surface area (Å²) in [5.41, 5.74) is 0.0230. The van der Waals surface area contributed by atoms with Crippen molar-refractivity contribution in [1.29, 1.82) is 0 Å². The Morgan fingerprint density at radius 1 is 1.25 bits per heavy atom. The molecule has 6 heteroatoms. The fourth-order valence-corrected chi connectivity index (χ4v) is 1.79. The summed E-state index contributed by atoms with van der Waals surface area (Å²) >= 11 is 3.02. The molecule has 0 saturated carbocycles. The van der Waals surface area contributed by atoms with Crippen molar-refractivity contribution in [1.82, 2.24) is 0 Å². The maximum Gasteiger partial charge on any atom is 0.429 e. The van der Waals surface area contributed by atoms with Gasteiger partial charge in [0.25, 0.3) is 0 Å². The second kappa shape index (κ2) is 3.76. The number of ether oxygens (including phenoxy) is 1. The largest absolute Gasteiger partial charge is 0.475 e. The van der Waals surface area contributed by atoms with E-state index in [1.54, 1.807) is 0 Å². The first-order valence-corrected chi connectivity index (χ1v) is 5.08. The molecule has 1 aromatic carbocycles. The van der Waals surface area contributed by atoms with Gasteiger partial charge < -0.3 is 4.74 Å². The van der Waals surface area contributed by atoms with E-state index in [-0.39, 0.29) is 11.3 Å². The van der Waals surface area contributed by atoms with Crippen LogP contribution in [0.5, 0.6) is 5.75 Å². The van der Waals surface area contributed by atoms with Crippen LogP contribution >= 0.6 is 15.9 Å². The van der Waals surface area contributed by atoms with Crippen LogP contribution in [0.2, 0.25) is 0 Å². The van der Waals surface area contributed by atoms with Gasteiger partial charge in [-0.15, -0.1) is 0 Å². The second-order valence-electron chi connectivity index (χ2n) is 3.21. The van der Waals surface area contributed by atoms with Crippen LogP contribution in [0, 0.1) is 5.82 Å². The summed E-state index contributed by atoms with van der Waals surface area (Å²) in [5, 5.41) is 0. The fourth-order valence-electron chi connectivity index (χ4n) is 1.35. The monoisotopic (exact) mass is 296 g/mol.